The summed E-state index contributed by atoms with van der Waals surface area (Å²) in [6.07, 6.45) is -0.0811. The second-order valence-corrected chi connectivity index (χ2v) is 5.66. The van der Waals surface area contributed by atoms with Crippen molar-refractivity contribution in [2.24, 2.45) is 0 Å². The van der Waals surface area contributed by atoms with Gasteiger partial charge in [-0.15, -0.1) is 12.4 Å². The van der Waals surface area contributed by atoms with Gasteiger partial charge < -0.3 is 15.4 Å². The van der Waals surface area contributed by atoms with Gasteiger partial charge in [0.15, 0.2) is 0 Å². The van der Waals surface area contributed by atoms with Gasteiger partial charge in [-0.2, -0.15) is 0 Å². The number of anilines is 1. The van der Waals surface area contributed by atoms with Crippen molar-refractivity contribution < 1.29 is 9.53 Å². The molecule has 1 heterocycles. The van der Waals surface area contributed by atoms with Crippen molar-refractivity contribution in [3.8, 4) is 0 Å². The Morgan fingerprint density at radius 3 is 2.61 bits per heavy atom. The van der Waals surface area contributed by atoms with Crippen LogP contribution in [0.15, 0.2) is 54.6 Å². The molecule has 0 radical (unpaired) electrons. The van der Waals surface area contributed by atoms with Crippen LogP contribution in [0.4, 0.5) is 5.69 Å². The predicted octanol–water partition coefficient (Wildman–Crippen LogP) is 3.29. The minimum Gasteiger partial charge on any atom is -0.399 e. The van der Waals surface area contributed by atoms with Crippen LogP contribution in [-0.2, 0) is 4.74 Å². The number of carbonyl (C=O) groups excluding carboxylic acids is 1. The van der Waals surface area contributed by atoms with Crippen LogP contribution in [0.2, 0.25) is 0 Å². The number of halogens is 1. The van der Waals surface area contributed by atoms with Gasteiger partial charge in [0.1, 0.15) is 6.10 Å². The van der Waals surface area contributed by atoms with E-state index in [1.54, 1.807) is 18.2 Å². The van der Waals surface area contributed by atoms with Crippen LogP contribution in [0, 0.1) is 0 Å². The molecule has 1 amide bonds. The number of rotatable bonds is 2. The van der Waals surface area contributed by atoms with Crippen molar-refractivity contribution in [1.82, 2.24) is 4.90 Å². The Morgan fingerprint density at radius 2 is 1.91 bits per heavy atom. The number of nitrogen functional groups attached to an aromatic ring is 1. The molecule has 2 unspecified atom stereocenters. The minimum atomic E-state index is -0.0811. The Labute approximate surface area is 142 Å². The average molecular weight is 333 g/mol. The normalized spacial score (nSPS) is 20.7. The zero-order valence-corrected chi connectivity index (χ0v) is 13.8. The van der Waals surface area contributed by atoms with E-state index in [1.807, 2.05) is 48.2 Å². The SMILES string of the molecule is CC1COC(c2ccccc2)CN1C(=O)c1cccc(N)c1.Cl. The third kappa shape index (κ3) is 3.84. The molecule has 2 N–H and O–H groups in total. The molecule has 0 aromatic heterocycles. The molecular weight excluding hydrogens is 312 g/mol. The molecule has 1 saturated heterocycles. The van der Waals surface area contributed by atoms with Gasteiger partial charge >= 0.3 is 0 Å². The number of nitrogens with two attached hydrogens (primary N) is 1. The maximum atomic E-state index is 12.8. The van der Waals surface area contributed by atoms with Crippen molar-refractivity contribution in [3.05, 3.63) is 65.7 Å². The summed E-state index contributed by atoms with van der Waals surface area (Å²) >= 11 is 0. The van der Waals surface area contributed by atoms with Crippen LogP contribution in [0.1, 0.15) is 28.9 Å². The fourth-order valence-corrected chi connectivity index (χ4v) is 2.75. The highest BCUT2D eigenvalue weighted by atomic mass is 35.5. The molecule has 0 aliphatic carbocycles. The number of benzene rings is 2. The highest BCUT2D eigenvalue weighted by molar-refractivity contribution is 5.95. The third-order valence-corrected chi connectivity index (χ3v) is 4.00. The summed E-state index contributed by atoms with van der Waals surface area (Å²) in [4.78, 5) is 14.6. The minimum absolute atomic E-state index is 0. The number of nitrogens with zero attached hydrogens (tertiary/aromatic N) is 1. The molecule has 4 nitrogen and oxygen atoms in total. The maximum Gasteiger partial charge on any atom is 0.254 e. The van der Waals surface area contributed by atoms with Gasteiger partial charge in [-0.1, -0.05) is 36.4 Å². The number of hydrogen-bond donors (Lipinski definition) is 1. The number of amides is 1. The molecule has 2 aromatic carbocycles. The Morgan fingerprint density at radius 1 is 1.17 bits per heavy atom. The number of ether oxygens (including phenoxy) is 1. The molecule has 1 aliphatic rings. The smallest absolute Gasteiger partial charge is 0.254 e. The van der Waals surface area contributed by atoms with E-state index in [9.17, 15) is 4.79 Å². The van der Waals surface area contributed by atoms with Crippen LogP contribution in [0.25, 0.3) is 0 Å². The molecule has 1 fully saturated rings. The van der Waals surface area contributed by atoms with Gasteiger partial charge in [-0.25, -0.2) is 0 Å². The second kappa shape index (κ2) is 7.49. The van der Waals surface area contributed by atoms with E-state index in [1.165, 1.54) is 0 Å². The Bertz CT molecular complexity index is 663. The van der Waals surface area contributed by atoms with Crippen molar-refractivity contribution in [1.29, 1.82) is 0 Å². The van der Waals surface area contributed by atoms with E-state index >= 15 is 0 Å². The number of hydrogen-bond acceptors (Lipinski definition) is 3. The first-order valence-corrected chi connectivity index (χ1v) is 7.48. The maximum absolute atomic E-state index is 12.8. The Hall–Kier alpha value is -2.04. The molecule has 2 aromatic rings. The average Bonchev–Trinajstić information content (AvgIpc) is 2.55. The highest BCUT2D eigenvalue weighted by Crippen LogP contribution is 2.26. The molecule has 2 atom stereocenters. The fourth-order valence-electron chi connectivity index (χ4n) is 2.75. The predicted molar refractivity (Wildman–Crippen MR) is 93.7 cm³/mol. The topological polar surface area (TPSA) is 55.6 Å². The molecule has 0 spiro atoms. The Balaban J connectivity index is 0.00000192. The zero-order chi connectivity index (χ0) is 15.5. The number of carbonyl (C=O) groups is 1. The van der Waals surface area contributed by atoms with Gasteiger partial charge in [0.25, 0.3) is 5.91 Å². The van der Waals surface area contributed by atoms with Crippen molar-refractivity contribution in [2.45, 2.75) is 19.1 Å². The molecule has 0 bridgehead atoms. The lowest BCUT2D eigenvalue weighted by Gasteiger charge is -2.38. The summed E-state index contributed by atoms with van der Waals surface area (Å²) < 4.78 is 5.90. The summed E-state index contributed by atoms with van der Waals surface area (Å²) in [5, 5.41) is 0. The third-order valence-electron chi connectivity index (χ3n) is 4.00. The summed E-state index contributed by atoms with van der Waals surface area (Å²) in [6, 6.07) is 17.2. The van der Waals surface area contributed by atoms with Crippen molar-refractivity contribution in [3.63, 3.8) is 0 Å². The fraction of sp³-hybridized carbons (Fsp3) is 0.278. The van der Waals surface area contributed by atoms with Gasteiger partial charge in [0.05, 0.1) is 19.2 Å². The first kappa shape index (κ1) is 17.3. The summed E-state index contributed by atoms with van der Waals surface area (Å²) in [6.45, 7) is 3.10. The van der Waals surface area contributed by atoms with Gasteiger partial charge in [0, 0.05) is 11.3 Å². The summed E-state index contributed by atoms with van der Waals surface area (Å²) in [5.74, 6) is 0.00373. The van der Waals surface area contributed by atoms with Gasteiger partial charge in [-0.05, 0) is 30.7 Å². The largest absolute Gasteiger partial charge is 0.399 e. The van der Waals surface area contributed by atoms with Crippen molar-refractivity contribution in [2.75, 3.05) is 18.9 Å². The summed E-state index contributed by atoms with van der Waals surface area (Å²) in [7, 11) is 0. The monoisotopic (exact) mass is 332 g/mol. The lowest BCUT2D eigenvalue weighted by molar-refractivity contribution is -0.0486. The van der Waals surface area contributed by atoms with Gasteiger partial charge in [0.2, 0.25) is 0 Å². The molecule has 0 saturated carbocycles. The Kier molecular flexibility index (Phi) is 5.64. The lowest BCUT2D eigenvalue weighted by Crippen LogP contribution is -2.48. The highest BCUT2D eigenvalue weighted by Gasteiger charge is 2.30. The molecule has 122 valence electrons. The van der Waals surface area contributed by atoms with E-state index < -0.39 is 0 Å². The lowest BCUT2D eigenvalue weighted by atomic mass is 10.0. The van der Waals surface area contributed by atoms with E-state index in [2.05, 4.69) is 0 Å². The zero-order valence-electron chi connectivity index (χ0n) is 13.0. The van der Waals surface area contributed by atoms with Crippen LogP contribution >= 0.6 is 12.4 Å². The molecule has 1 aliphatic heterocycles. The first-order chi connectivity index (χ1) is 10.6. The van der Waals surface area contributed by atoms with E-state index in [0.29, 0.717) is 24.4 Å². The van der Waals surface area contributed by atoms with Crippen LogP contribution in [-0.4, -0.2) is 30.0 Å². The number of morpholine rings is 1. The van der Waals surface area contributed by atoms with Crippen LogP contribution in [0.3, 0.4) is 0 Å². The molecule has 5 heteroatoms. The van der Waals surface area contributed by atoms with Gasteiger partial charge in [-0.3, -0.25) is 4.79 Å². The standard InChI is InChI=1S/C18H20N2O2.ClH/c1-13-12-22-17(14-6-3-2-4-7-14)11-20(13)18(21)15-8-5-9-16(19)10-15;/h2-10,13,17H,11-12,19H2,1H3;1H. The molecular formula is C18H21ClN2O2. The second-order valence-electron chi connectivity index (χ2n) is 5.66. The van der Waals surface area contributed by atoms with Crippen LogP contribution in [0.5, 0.6) is 0 Å². The summed E-state index contributed by atoms with van der Waals surface area (Å²) in [5.41, 5.74) is 8.11. The molecule has 3 rings (SSSR count). The van der Waals surface area contributed by atoms with Crippen LogP contribution < -0.4 is 5.73 Å². The van der Waals surface area contributed by atoms with Crippen molar-refractivity contribution >= 4 is 24.0 Å². The van der Waals surface area contributed by atoms with E-state index in [4.69, 9.17) is 10.5 Å². The first-order valence-electron chi connectivity index (χ1n) is 7.48. The molecule has 23 heavy (non-hydrogen) atoms. The quantitative estimate of drug-likeness (QED) is 0.858. The van der Waals surface area contributed by atoms with E-state index in [-0.39, 0.29) is 30.5 Å². The van der Waals surface area contributed by atoms with E-state index in [0.717, 1.165) is 5.56 Å².